The minimum atomic E-state index is -0.558. The van der Waals surface area contributed by atoms with Crippen LogP contribution in [0.2, 0.25) is 0 Å². The second-order valence-corrected chi connectivity index (χ2v) is 5.36. The van der Waals surface area contributed by atoms with Crippen molar-refractivity contribution in [2.75, 3.05) is 19.7 Å². The third kappa shape index (κ3) is 4.46. The van der Waals surface area contributed by atoms with Crippen molar-refractivity contribution in [3.05, 3.63) is 35.4 Å². The van der Waals surface area contributed by atoms with Crippen LogP contribution in [0.15, 0.2) is 24.3 Å². The van der Waals surface area contributed by atoms with E-state index in [-0.39, 0.29) is 12.0 Å². The number of nitrogens with zero attached hydrogens (tertiary/aromatic N) is 1. The van der Waals surface area contributed by atoms with Gasteiger partial charge in [0.05, 0.1) is 6.10 Å². The molecule has 6 heteroatoms. The minimum Gasteiger partial charge on any atom is -0.378 e. The maximum Gasteiger partial charge on any atom is 0.312 e. The van der Waals surface area contributed by atoms with Crippen molar-refractivity contribution in [1.29, 1.82) is 0 Å². The molecule has 6 nitrogen and oxygen atoms in total. The third-order valence-corrected chi connectivity index (χ3v) is 3.80. The van der Waals surface area contributed by atoms with Crippen molar-refractivity contribution in [3.8, 4) is 0 Å². The van der Waals surface area contributed by atoms with Gasteiger partial charge in [-0.05, 0) is 37.5 Å². The Balaban J connectivity index is 1.89. The fourth-order valence-electron chi connectivity index (χ4n) is 2.60. The highest BCUT2D eigenvalue weighted by atomic mass is 16.5. The van der Waals surface area contributed by atoms with Gasteiger partial charge < -0.3 is 20.7 Å². The van der Waals surface area contributed by atoms with E-state index >= 15 is 0 Å². The Morgan fingerprint density at radius 1 is 1.27 bits per heavy atom. The highest BCUT2D eigenvalue weighted by Crippen LogP contribution is 2.16. The lowest BCUT2D eigenvalue weighted by Crippen LogP contribution is -2.40. The summed E-state index contributed by atoms with van der Waals surface area (Å²) < 4.78 is 5.60. The second kappa shape index (κ2) is 7.79. The minimum absolute atomic E-state index is 0.0457. The first-order chi connectivity index (χ1) is 10.6. The van der Waals surface area contributed by atoms with E-state index in [9.17, 15) is 9.59 Å². The molecule has 1 aliphatic heterocycles. The monoisotopic (exact) mass is 305 g/mol. The fraction of sp³-hybridized carbons (Fsp3) is 0.500. The predicted molar refractivity (Wildman–Crippen MR) is 83.4 cm³/mol. The standard InChI is InChI=1S/C16H23N3O3/c1-2-22-14-7-9-19(10-8-14)15(20)13-5-3-12(4-6-13)11-18-16(17)21/h3-6,14H,2,7-11H2,1H3,(H3,17,18,21). The van der Waals surface area contributed by atoms with Crippen molar-refractivity contribution >= 4 is 11.9 Å². The van der Waals surface area contributed by atoms with E-state index in [2.05, 4.69) is 5.32 Å². The van der Waals surface area contributed by atoms with Crippen molar-refractivity contribution in [2.24, 2.45) is 5.73 Å². The molecule has 1 saturated heterocycles. The highest BCUT2D eigenvalue weighted by Gasteiger charge is 2.23. The van der Waals surface area contributed by atoms with E-state index in [1.165, 1.54) is 0 Å². The Morgan fingerprint density at radius 3 is 2.45 bits per heavy atom. The summed E-state index contributed by atoms with van der Waals surface area (Å²) in [6.07, 6.45) is 2.05. The maximum absolute atomic E-state index is 12.4. The summed E-state index contributed by atoms with van der Waals surface area (Å²) in [5.41, 5.74) is 6.60. The number of carbonyl (C=O) groups is 2. The van der Waals surface area contributed by atoms with Crippen LogP contribution in [0.5, 0.6) is 0 Å². The molecule has 120 valence electrons. The van der Waals surface area contributed by atoms with E-state index in [1.807, 2.05) is 24.0 Å². The Kier molecular flexibility index (Phi) is 5.77. The molecule has 0 spiro atoms. The molecule has 22 heavy (non-hydrogen) atoms. The lowest BCUT2D eigenvalue weighted by atomic mass is 10.1. The maximum atomic E-state index is 12.4. The van der Waals surface area contributed by atoms with Gasteiger partial charge in [0.25, 0.3) is 5.91 Å². The first-order valence-electron chi connectivity index (χ1n) is 7.63. The van der Waals surface area contributed by atoms with Crippen LogP contribution in [0.25, 0.3) is 0 Å². The number of nitrogens with two attached hydrogens (primary N) is 1. The molecule has 3 amide bonds. The highest BCUT2D eigenvalue weighted by molar-refractivity contribution is 5.94. The van der Waals surface area contributed by atoms with Crippen LogP contribution in [0.3, 0.4) is 0 Å². The third-order valence-electron chi connectivity index (χ3n) is 3.80. The number of carbonyl (C=O) groups excluding carboxylic acids is 2. The summed E-state index contributed by atoms with van der Waals surface area (Å²) in [4.78, 5) is 25.0. The Hall–Kier alpha value is -2.08. The summed E-state index contributed by atoms with van der Waals surface area (Å²) in [5, 5.41) is 2.52. The van der Waals surface area contributed by atoms with Gasteiger partial charge in [-0.1, -0.05) is 12.1 Å². The fourth-order valence-corrected chi connectivity index (χ4v) is 2.60. The summed E-state index contributed by atoms with van der Waals surface area (Å²) in [6.45, 7) is 4.54. The molecule has 0 atom stereocenters. The number of piperidine rings is 1. The molecule has 0 saturated carbocycles. The van der Waals surface area contributed by atoms with Crippen LogP contribution in [0.4, 0.5) is 4.79 Å². The number of primary amides is 1. The van der Waals surface area contributed by atoms with Gasteiger partial charge in [0, 0.05) is 31.8 Å². The topological polar surface area (TPSA) is 84.7 Å². The molecule has 1 fully saturated rings. The van der Waals surface area contributed by atoms with Gasteiger partial charge in [0.2, 0.25) is 0 Å². The Morgan fingerprint density at radius 2 is 1.91 bits per heavy atom. The van der Waals surface area contributed by atoms with Crippen LogP contribution >= 0.6 is 0 Å². The first kappa shape index (κ1) is 16.3. The second-order valence-electron chi connectivity index (χ2n) is 5.36. The molecule has 1 aromatic carbocycles. The van der Waals surface area contributed by atoms with Crippen molar-refractivity contribution < 1.29 is 14.3 Å². The molecule has 2 rings (SSSR count). The molecule has 0 aliphatic carbocycles. The van der Waals surface area contributed by atoms with E-state index in [4.69, 9.17) is 10.5 Å². The van der Waals surface area contributed by atoms with Crippen molar-refractivity contribution in [3.63, 3.8) is 0 Å². The summed E-state index contributed by atoms with van der Waals surface area (Å²) in [7, 11) is 0. The molecule has 1 aliphatic rings. The number of likely N-dealkylation sites (tertiary alicyclic amines) is 1. The van der Waals surface area contributed by atoms with E-state index in [0.717, 1.165) is 38.1 Å². The van der Waals surface area contributed by atoms with Gasteiger partial charge in [-0.3, -0.25) is 4.79 Å². The van der Waals surface area contributed by atoms with Gasteiger partial charge in [-0.2, -0.15) is 0 Å². The molecular formula is C16H23N3O3. The number of rotatable bonds is 5. The molecule has 1 heterocycles. The average Bonchev–Trinajstić information content (AvgIpc) is 2.54. The summed E-state index contributed by atoms with van der Waals surface area (Å²) in [6, 6.07) is 6.67. The zero-order chi connectivity index (χ0) is 15.9. The van der Waals surface area contributed by atoms with Crippen LogP contribution in [0.1, 0.15) is 35.7 Å². The number of urea groups is 1. The lowest BCUT2D eigenvalue weighted by Gasteiger charge is -2.31. The van der Waals surface area contributed by atoms with E-state index in [0.29, 0.717) is 12.1 Å². The Bertz CT molecular complexity index is 508. The van der Waals surface area contributed by atoms with Gasteiger partial charge in [-0.15, -0.1) is 0 Å². The molecule has 0 radical (unpaired) electrons. The van der Waals surface area contributed by atoms with Gasteiger partial charge in [0.1, 0.15) is 0 Å². The molecule has 3 N–H and O–H groups in total. The van der Waals surface area contributed by atoms with Crippen molar-refractivity contribution in [2.45, 2.75) is 32.4 Å². The smallest absolute Gasteiger partial charge is 0.312 e. The average molecular weight is 305 g/mol. The molecule has 1 aromatic rings. The summed E-state index contributed by atoms with van der Waals surface area (Å²) in [5.74, 6) is 0.0457. The summed E-state index contributed by atoms with van der Waals surface area (Å²) >= 11 is 0. The lowest BCUT2D eigenvalue weighted by molar-refractivity contribution is 0.0146. The molecule has 0 bridgehead atoms. The van der Waals surface area contributed by atoms with E-state index < -0.39 is 6.03 Å². The van der Waals surface area contributed by atoms with Gasteiger partial charge >= 0.3 is 6.03 Å². The number of nitrogens with one attached hydrogen (secondary N) is 1. The van der Waals surface area contributed by atoms with Crippen LogP contribution in [-0.4, -0.2) is 42.6 Å². The zero-order valence-electron chi connectivity index (χ0n) is 12.9. The zero-order valence-corrected chi connectivity index (χ0v) is 12.9. The van der Waals surface area contributed by atoms with Gasteiger partial charge in [0.15, 0.2) is 0 Å². The van der Waals surface area contributed by atoms with Crippen LogP contribution in [0, 0.1) is 0 Å². The molecular weight excluding hydrogens is 282 g/mol. The van der Waals surface area contributed by atoms with E-state index in [1.54, 1.807) is 12.1 Å². The Labute approximate surface area is 130 Å². The number of benzene rings is 1. The van der Waals surface area contributed by atoms with Crippen LogP contribution in [-0.2, 0) is 11.3 Å². The number of hydrogen-bond donors (Lipinski definition) is 2. The van der Waals surface area contributed by atoms with Crippen molar-refractivity contribution in [1.82, 2.24) is 10.2 Å². The van der Waals surface area contributed by atoms with Crippen LogP contribution < -0.4 is 11.1 Å². The number of hydrogen-bond acceptors (Lipinski definition) is 3. The SMILES string of the molecule is CCOC1CCN(C(=O)c2ccc(CNC(N)=O)cc2)CC1. The van der Waals surface area contributed by atoms with Gasteiger partial charge in [-0.25, -0.2) is 4.79 Å². The normalized spacial score (nSPS) is 15.6. The molecule has 0 aromatic heterocycles. The predicted octanol–water partition coefficient (Wildman–Crippen LogP) is 1.50. The largest absolute Gasteiger partial charge is 0.378 e. The number of amides is 3. The molecule has 0 unspecified atom stereocenters. The first-order valence-corrected chi connectivity index (χ1v) is 7.63. The quantitative estimate of drug-likeness (QED) is 0.864. The number of ether oxygens (including phenoxy) is 1.